The zero-order valence-electron chi connectivity index (χ0n) is 14.0. The van der Waals surface area contributed by atoms with Gasteiger partial charge in [0.2, 0.25) is 5.78 Å². The summed E-state index contributed by atoms with van der Waals surface area (Å²) < 4.78 is 15.1. The van der Waals surface area contributed by atoms with Crippen molar-refractivity contribution in [3.05, 3.63) is 64.2 Å². The van der Waals surface area contributed by atoms with E-state index in [1.165, 1.54) is 39.5 Å². The molecule has 0 N–H and O–H groups in total. The average Bonchev–Trinajstić information content (AvgIpc) is 2.65. The summed E-state index contributed by atoms with van der Waals surface area (Å²) in [7, 11) is 4.18. The summed E-state index contributed by atoms with van der Waals surface area (Å²) in [4.78, 5) is 25.0. The predicted octanol–water partition coefficient (Wildman–Crippen LogP) is 3.80. The molecular formula is C19H17ClO5. The fourth-order valence-electron chi connectivity index (χ4n) is 2.15. The summed E-state index contributed by atoms with van der Waals surface area (Å²) in [6, 6.07) is 11.4. The van der Waals surface area contributed by atoms with Gasteiger partial charge in [-0.15, -0.1) is 0 Å². The van der Waals surface area contributed by atoms with E-state index in [2.05, 4.69) is 0 Å². The minimum atomic E-state index is -0.735. The fraction of sp³-hybridized carbons (Fsp3) is 0.158. The number of carbonyl (C=O) groups excluding carboxylic acids is 2. The number of rotatable bonds is 6. The molecular weight excluding hydrogens is 344 g/mol. The maximum absolute atomic E-state index is 12.8. The molecule has 0 aliphatic heterocycles. The first kappa shape index (κ1) is 18.5. The highest BCUT2D eigenvalue weighted by atomic mass is 35.5. The molecule has 2 aromatic rings. The van der Waals surface area contributed by atoms with Crippen LogP contribution in [0.1, 0.15) is 15.9 Å². The first-order chi connectivity index (χ1) is 12.0. The molecule has 5 nitrogen and oxygen atoms in total. The number of hydrogen-bond acceptors (Lipinski definition) is 5. The minimum Gasteiger partial charge on any atom is -0.497 e. The summed E-state index contributed by atoms with van der Waals surface area (Å²) in [5.74, 6) is -0.349. The Kier molecular flexibility index (Phi) is 6.19. The second kappa shape index (κ2) is 8.35. The molecule has 6 heteroatoms. The van der Waals surface area contributed by atoms with Crippen molar-refractivity contribution in [3.63, 3.8) is 0 Å². The van der Waals surface area contributed by atoms with Gasteiger partial charge in [0, 0.05) is 16.7 Å². The number of carbonyl (C=O) groups is 2. The molecule has 25 heavy (non-hydrogen) atoms. The zero-order chi connectivity index (χ0) is 18.4. The third-order valence-electron chi connectivity index (χ3n) is 3.44. The second-order valence-corrected chi connectivity index (χ2v) is 5.47. The minimum absolute atomic E-state index is 0.111. The molecule has 0 aromatic heterocycles. The van der Waals surface area contributed by atoms with Crippen LogP contribution in [0.5, 0.6) is 11.5 Å². The maximum atomic E-state index is 12.8. The first-order valence-corrected chi connectivity index (χ1v) is 7.69. The number of ether oxygens (including phenoxy) is 3. The van der Waals surface area contributed by atoms with Gasteiger partial charge in [0.05, 0.1) is 21.3 Å². The number of esters is 1. The van der Waals surface area contributed by atoms with Crippen molar-refractivity contribution >= 4 is 29.4 Å². The van der Waals surface area contributed by atoms with Crippen LogP contribution in [0.3, 0.4) is 0 Å². The second-order valence-electron chi connectivity index (χ2n) is 5.03. The molecule has 0 fully saturated rings. The van der Waals surface area contributed by atoms with Gasteiger partial charge in [0.15, 0.2) is 0 Å². The predicted molar refractivity (Wildman–Crippen MR) is 95.3 cm³/mol. The monoisotopic (exact) mass is 360 g/mol. The van der Waals surface area contributed by atoms with Gasteiger partial charge in [-0.1, -0.05) is 23.7 Å². The fourth-order valence-corrected chi connectivity index (χ4v) is 2.27. The van der Waals surface area contributed by atoms with Crippen LogP contribution in [0.4, 0.5) is 0 Å². The molecule has 0 aliphatic carbocycles. The summed E-state index contributed by atoms with van der Waals surface area (Å²) in [6.07, 6.45) is 1.45. The molecule has 0 saturated carbocycles. The van der Waals surface area contributed by atoms with Crippen LogP contribution in [0, 0.1) is 0 Å². The highest BCUT2D eigenvalue weighted by Crippen LogP contribution is 2.25. The molecule has 0 radical (unpaired) electrons. The van der Waals surface area contributed by atoms with Gasteiger partial charge in [-0.05, 0) is 35.9 Å². The Hall–Kier alpha value is -2.79. The Morgan fingerprint density at radius 1 is 0.920 bits per heavy atom. The van der Waals surface area contributed by atoms with Gasteiger partial charge in [0.1, 0.15) is 17.1 Å². The lowest BCUT2D eigenvalue weighted by Gasteiger charge is -2.09. The van der Waals surface area contributed by atoms with Crippen LogP contribution in [0.25, 0.3) is 6.08 Å². The number of benzene rings is 2. The van der Waals surface area contributed by atoms with Crippen molar-refractivity contribution in [3.8, 4) is 11.5 Å². The smallest absolute Gasteiger partial charge is 0.341 e. The lowest BCUT2D eigenvalue weighted by molar-refractivity contribution is -0.135. The third kappa shape index (κ3) is 4.61. The number of Topliss-reactive ketones (excluding diaryl/α,β-unsaturated/α-hetero) is 1. The van der Waals surface area contributed by atoms with E-state index in [-0.39, 0.29) is 11.1 Å². The van der Waals surface area contributed by atoms with E-state index in [1.54, 1.807) is 30.3 Å². The van der Waals surface area contributed by atoms with Gasteiger partial charge >= 0.3 is 5.97 Å². The van der Waals surface area contributed by atoms with Crippen molar-refractivity contribution < 1.29 is 23.8 Å². The Morgan fingerprint density at radius 2 is 1.48 bits per heavy atom. The molecule has 0 bridgehead atoms. The standard InChI is InChI=1S/C19H17ClO5/c1-23-15-9-13(10-16(11-15)24-2)18(21)17(19(22)25-3)8-12-4-6-14(20)7-5-12/h4-11H,1-3H3/b17-8-. The summed E-state index contributed by atoms with van der Waals surface area (Å²) in [6.45, 7) is 0. The van der Waals surface area contributed by atoms with Crippen molar-refractivity contribution in [2.45, 2.75) is 0 Å². The van der Waals surface area contributed by atoms with Crippen LogP contribution in [0.15, 0.2) is 48.0 Å². The number of ketones is 1. The topological polar surface area (TPSA) is 61.8 Å². The van der Waals surface area contributed by atoms with Crippen molar-refractivity contribution in [2.24, 2.45) is 0 Å². The molecule has 2 aromatic carbocycles. The van der Waals surface area contributed by atoms with Gasteiger partial charge in [-0.3, -0.25) is 4.79 Å². The van der Waals surface area contributed by atoms with Gasteiger partial charge < -0.3 is 14.2 Å². The van der Waals surface area contributed by atoms with Crippen LogP contribution in [0.2, 0.25) is 5.02 Å². The van der Waals surface area contributed by atoms with E-state index in [0.29, 0.717) is 22.1 Å². The largest absolute Gasteiger partial charge is 0.497 e. The highest BCUT2D eigenvalue weighted by Gasteiger charge is 2.22. The number of hydrogen-bond donors (Lipinski definition) is 0. The van der Waals surface area contributed by atoms with Crippen LogP contribution < -0.4 is 9.47 Å². The number of methoxy groups -OCH3 is 3. The van der Waals surface area contributed by atoms with Crippen LogP contribution in [-0.2, 0) is 9.53 Å². The van der Waals surface area contributed by atoms with E-state index in [4.69, 9.17) is 25.8 Å². The van der Waals surface area contributed by atoms with Crippen LogP contribution in [-0.4, -0.2) is 33.1 Å². The van der Waals surface area contributed by atoms with Crippen molar-refractivity contribution in [2.75, 3.05) is 21.3 Å². The lowest BCUT2D eigenvalue weighted by Crippen LogP contribution is -2.15. The third-order valence-corrected chi connectivity index (χ3v) is 3.70. The molecule has 0 amide bonds. The Morgan fingerprint density at radius 3 is 1.96 bits per heavy atom. The molecule has 0 heterocycles. The molecule has 2 rings (SSSR count). The van der Waals surface area contributed by atoms with E-state index in [0.717, 1.165) is 0 Å². The molecule has 0 aliphatic rings. The summed E-state index contributed by atoms with van der Waals surface area (Å²) in [5.41, 5.74) is 0.787. The van der Waals surface area contributed by atoms with E-state index in [9.17, 15) is 9.59 Å². The lowest BCUT2D eigenvalue weighted by atomic mass is 10.0. The molecule has 0 atom stereocenters. The van der Waals surface area contributed by atoms with Crippen molar-refractivity contribution in [1.29, 1.82) is 0 Å². The average molecular weight is 361 g/mol. The Bertz CT molecular complexity index is 787. The van der Waals surface area contributed by atoms with Gasteiger partial charge in [-0.25, -0.2) is 4.79 Å². The normalized spacial score (nSPS) is 11.0. The van der Waals surface area contributed by atoms with E-state index < -0.39 is 11.8 Å². The molecule has 0 saturated heterocycles. The Balaban J connectivity index is 2.49. The molecule has 130 valence electrons. The maximum Gasteiger partial charge on any atom is 0.341 e. The van der Waals surface area contributed by atoms with Crippen LogP contribution >= 0.6 is 11.6 Å². The van der Waals surface area contributed by atoms with Gasteiger partial charge in [0.25, 0.3) is 0 Å². The highest BCUT2D eigenvalue weighted by molar-refractivity contribution is 6.30. The summed E-state index contributed by atoms with van der Waals surface area (Å²) >= 11 is 5.86. The van der Waals surface area contributed by atoms with E-state index >= 15 is 0 Å². The SMILES string of the molecule is COC(=O)/C(=C\c1ccc(Cl)cc1)C(=O)c1cc(OC)cc(OC)c1. The quantitative estimate of drug-likeness (QED) is 0.258. The molecule has 0 spiro atoms. The van der Waals surface area contributed by atoms with Gasteiger partial charge in [-0.2, -0.15) is 0 Å². The first-order valence-electron chi connectivity index (χ1n) is 7.32. The van der Waals surface area contributed by atoms with E-state index in [1.807, 2.05) is 0 Å². The zero-order valence-corrected chi connectivity index (χ0v) is 14.8. The molecule has 0 unspecified atom stereocenters. The number of halogens is 1. The van der Waals surface area contributed by atoms with Crippen molar-refractivity contribution in [1.82, 2.24) is 0 Å². The Labute approximate surface area is 150 Å². The summed E-state index contributed by atoms with van der Waals surface area (Å²) in [5, 5.41) is 0.556.